The first-order valence-electron chi connectivity index (χ1n) is 28.7. The summed E-state index contributed by atoms with van der Waals surface area (Å²) in [5, 5.41) is 9.02. The molecule has 0 bridgehead atoms. The Hall–Kier alpha value is -11.2. The van der Waals surface area contributed by atoms with Crippen molar-refractivity contribution in [1.82, 2.24) is 0 Å². The van der Waals surface area contributed by atoms with Crippen LogP contribution in [0.2, 0.25) is 0 Å². The van der Waals surface area contributed by atoms with E-state index in [1.54, 1.807) is 0 Å². The van der Waals surface area contributed by atoms with E-state index in [-0.39, 0.29) is 0 Å². The molecule has 0 N–H and O–H groups in total. The molecule has 0 saturated carbocycles. The van der Waals surface area contributed by atoms with E-state index in [1.807, 2.05) is 12.1 Å². The Morgan fingerprint density at radius 2 is 0.488 bits per heavy atom. The monoisotopic (exact) mass is 1070 g/mol. The maximum absolute atomic E-state index is 6.83. The van der Waals surface area contributed by atoms with Crippen LogP contribution in [-0.2, 0) is 0 Å². The molecule has 84 heavy (non-hydrogen) atoms. The summed E-state index contributed by atoms with van der Waals surface area (Å²) < 4.78 is 13.7. The van der Waals surface area contributed by atoms with E-state index in [2.05, 4.69) is 301 Å². The summed E-state index contributed by atoms with van der Waals surface area (Å²) in [6, 6.07) is 110. The number of rotatable bonds is 10. The topological polar surface area (TPSA) is 32.8 Å². The van der Waals surface area contributed by atoms with Crippen molar-refractivity contribution in [2.24, 2.45) is 0 Å². The lowest BCUT2D eigenvalue weighted by Crippen LogP contribution is -2.12. The highest BCUT2D eigenvalue weighted by Gasteiger charge is 2.39. The van der Waals surface area contributed by atoms with Gasteiger partial charge in [0, 0.05) is 44.3 Å². The van der Waals surface area contributed by atoms with Gasteiger partial charge in [-0.25, -0.2) is 0 Å². The predicted octanol–water partition coefficient (Wildman–Crippen LogP) is 23.0. The maximum atomic E-state index is 6.83. The van der Waals surface area contributed by atoms with Crippen molar-refractivity contribution < 1.29 is 8.83 Å². The highest BCUT2D eigenvalue weighted by Crippen LogP contribution is 2.66. The normalized spacial score (nSPS) is 11.8. The van der Waals surface area contributed by atoms with Gasteiger partial charge in [0.1, 0.15) is 11.2 Å². The molecule has 4 nitrogen and oxygen atoms in total. The number of hydrogen-bond donors (Lipinski definition) is 0. The fraction of sp³-hybridized carbons (Fsp3) is 0. The van der Waals surface area contributed by atoms with Crippen molar-refractivity contribution >= 4 is 99.5 Å². The van der Waals surface area contributed by atoms with Crippen LogP contribution < -0.4 is 9.80 Å². The van der Waals surface area contributed by atoms with Crippen molar-refractivity contribution in [1.29, 1.82) is 0 Å². The lowest BCUT2D eigenvalue weighted by molar-refractivity contribution is 0.668. The van der Waals surface area contributed by atoms with E-state index < -0.39 is 0 Å². The SMILES string of the molecule is c1ccc(-c2c3c(c(-c4ccccc4)c4cc(N(c5ccccc5)c5cccc6c5oc5ccccc56)ccc24)-c2c-3c(-c3ccccc3)c3cc(N(c4ccccc4)c4cccc5c4oc4ccccc45)ccc3c2-c2ccccc2)cc1. The molecule has 4 heteroatoms. The minimum Gasteiger partial charge on any atom is -0.454 e. The van der Waals surface area contributed by atoms with Gasteiger partial charge in [-0.15, -0.1) is 0 Å². The second-order valence-electron chi connectivity index (χ2n) is 21.8. The van der Waals surface area contributed by atoms with E-state index in [0.29, 0.717) is 0 Å². The van der Waals surface area contributed by atoms with E-state index in [0.717, 1.165) is 111 Å². The third-order valence-corrected chi connectivity index (χ3v) is 17.1. The zero-order valence-corrected chi connectivity index (χ0v) is 45.6. The van der Waals surface area contributed by atoms with Crippen molar-refractivity contribution in [2.75, 3.05) is 9.80 Å². The van der Waals surface area contributed by atoms with Gasteiger partial charge in [0.25, 0.3) is 0 Å². The largest absolute Gasteiger partial charge is 0.454 e. The van der Waals surface area contributed by atoms with Crippen LogP contribution in [-0.4, -0.2) is 0 Å². The average molecular weight is 1070 g/mol. The number of anilines is 6. The molecule has 0 saturated heterocycles. The van der Waals surface area contributed by atoms with Crippen molar-refractivity contribution in [3.63, 3.8) is 0 Å². The van der Waals surface area contributed by atoms with Gasteiger partial charge in [-0.3, -0.25) is 0 Å². The van der Waals surface area contributed by atoms with Gasteiger partial charge in [-0.2, -0.15) is 0 Å². The number of nitrogens with zero attached hydrogens (tertiary/aromatic N) is 2. The summed E-state index contributed by atoms with van der Waals surface area (Å²) in [5.74, 6) is 0. The molecule has 14 aromatic carbocycles. The summed E-state index contributed by atoms with van der Waals surface area (Å²) in [6.07, 6.45) is 0. The van der Waals surface area contributed by atoms with Crippen molar-refractivity contribution in [2.45, 2.75) is 0 Å². The zero-order valence-electron chi connectivity index (χ0n) is 45.6. The Morgan fingerprint density at radius 3 is 0.845 bits per heavy atom. The van der Waals surface area contributed by atoms with Crippen molar-refractivity contribution in [3.8, 4) is 66.8 Å². The van der Waals surface area contributed by atoms with Crippen molar-refractivity contribution in [3.05, 3.63) is 303 Å². The summed E-state index contributed by atoms with van der Waals surface area (Å²) in [7, 11) is 0. The molecule has 0 atom stereocenters. The Labute approximate surface area is 485 Å². The maximum Gasteiger partial charge on any atom is 0.159 e. The third kappa shape index (κ3) is 7.34. The molecule has 0 unspecified atom stereocenters. The second-order valence-corrected chi connectivity index (χ2v) is 21.8. The first kappa shape index (κ1) is 47.6. The van der Waals surface area contributed by atoms with Gasteiger partial charge in [0.15, 0.2) is 11.2 Å². The predicted molar refractivity (Wildman–Crippen MR) is 352 cm³/mol. The molecule has 0 spiro atoms. The molecule has 2 aromatic heterocycles. The molecular formula is C80H50N2O2. The second kappa shape index (κ2) is 19.2. The molecular weight excluding hydrogens is 1020 g/mol. The zero-order chi connectivity index (χ0) is 55.2. The Bertz CT molecular complexity index is 4880. The molecule has 0 fully saturated rings. The first-order chi connectivity index (χ1) is 41.7. The molecule has 0 radical (unpaired) electrons. The third-order valence-electron chi connectivity index (χ3n) is 17.1. The summed E-state index contributed by atoms with van der Waals surface area (Å²) in [4.78, 5) is 4.74. The van der Waals surface area contributed by atoms with Gasteiger partial charge in [0.2, 0.25) is 0 Å². The number of hydrogen-bond acceptors (Lipinski definition) is 4. The molecule has 17 rings (SSSR count). The number of benzene rings is 14. The van der Waals surface area contributed by atoms with Gasteiger partial charge in [-0.1, -0.05) is 231 Å². The fourth-order valence-corrected chi connectivity index (χ4v) is 13.6. The number of furan rings is 2. The quantitative estimate of drug-likeness (QED) is 0.137. The minimum atomic E-state index is 0.844. The van der Waals surface area contributed by atoms with E-state index in [4.69, 9.17) is 8.83 Å². The van der Waals surface area contributed by atoms with E-state index in [9.17, 15) is 0 Å². The highest BCUT2D eigenvalue weighted by molar-refractivity contribution is 6.33. The van der Waals surface area contributed by atoms with Crippen LogP contribution >= 0.6 is 0 Å². The van der Waals surface area contributed by atoms with Gasteiger partial charge in [-0.05, 0) is 161 Å². The van der Waals surface area contributed by atoms with E-state index in [1.165, 1.54) is 55.3 Å². The fourth-order valence-electron chi connectivity index (χ4n) is 13.6. The summed E-state index contributed by atoms with van der Waals surface area (Å²) in [6.45, 7) is 0. The standard InChI is InChI=1S/C80H50N2O2/c1-7-25-51(26-8-1)71-61-47-45-57(81(55-33-15-5-16-34-55)67-41-23-39-63-59-37-19-21-43-69(59)83-79(63)67)49-65(61)73(53-29-11-3-12-30-53)77-75(71)78-74(54-31-13-4-14-32-54)66-50-58(46-48-62(66)72(76(77)78)52-27-9-2-10-28-52)82(56-35-17-6-18-36-56)68-42-24-40-64-60-38-20-22-44-70(60)84-80(64)68/h1-50H. The number of fused-ring (bicyclic) bond motifs is 12. The minimum absolute atomic E-state index is 0.844. The van der Waals surface area contributed by atoms with Crippen LogP contribution in [0.15, 0.2) is 312 Å². The van der Waals surface area contributed by atoms with Crippen LogP contribution in [0.25, 0.3) is 132 Å². The number of para-hydroxylation sites is 6. The molecule has 392 valence electrons. The first-order valence-corrected chi connectivity index (χ1v) is 28.7. The lowest BCUT2D eigenvalue weighted by atomic mass is 9.65. The molecule has 1 aliphatic rings. The van der Waals surface area contributed by atoms with Crippen LogP contribution in [0.3, 0.4) is 0 Å². The van der Waals surface area contributed by atoms with Gasteiger partial charge >= 0.3 is 0 Å². The molecule has 2 heterocycles. The average Bonchev–Trinajstić information content (AvgIpc) is 0.925. The van der Waals surface area contributed by atoms with Gasteiger partial charge < -0.3 is 18.6 Å². The lowest BCUT2D eigenvalue weighted by Gasteiger charge is -2.37. The smallest absolute Gasteiger partial charge is 0.159 e. The summed E-state index contributed by atoms with van der Waals surface area (Å²) >= 11 is 0. The van der Waals surface area contributed by atoms with Gasteiger partial charge in [0.05, 0.1) is 11.4 Å². The molecule has 1 aliphatic carbocycles. The van der Waals surface area contributed by atoms with E-state index >= 15 is 0 Å². The van der Waals surface area contributed by atoms with Crippen LogP contribution in [0, 0.1) is 0 Å². The Kier molecular flexibility index (Phi) is 10.9. The molecule has 16 aromatic rings. The summed E-state index contributed by atoms with van der Waals surface area (Å²) in [5.41, 5.74) is 23.9. The molecule has 0 aliphatic heterocycles. The molecule has 0 amide bonds. The Morgan fingerprint density at radius 1 is 0.190 bits per heavy atom. The Balaban J connectivity index is 0.997. The van der Waals surface area contributed by atoms with Crippen LogP contribution in [0.5, 0.6) is 0 Å². The van der Waals surface area contributed by atoms with Crippen LogP contribution in [0.4, 0.5) is 34.1 Å². The van der Waals surface area contributed by atoms with Crippen LogP contribution in [0.1, 0.15) is 0 Å². The highest BCUT2D eigenvalue weighted by atomic mass is 16.3.